The van der Waals surface area contributed by atoms with Crippen molar-refractivity contribution in [2.75, 3.05) is 13.1 Å². The summed E-state index contributed by atoms with van der Waals surface area (Å²) < 4.78 is 5.30. The molecular formula is C29H34N8O3. The van der Waals surface area contributed by atoms with E-state index in [1.165, 1.54) is 6.42 Å². The molecule has 0 amide bonds. The number of H-pyrrole nitrogens is 2. The van der Waals surface area contributed by atoms with Crippen molar-refractivity contribution in [1.82, 2.24) is 40.3 Å². The van der Waals surface area contributed by atoms with Crippen LogP contribution in [0, 0.1) is 0 Å². The number of aromatic amines is 2. The third-order valence-electron chi connectivity index (χ3n) is 7.10. The minimum Gasteiger partial charge on any atom is -0.427 e. The van der Waals surface area contributed by atoms with E-state index in [1.54, 1.807) is 23.7 Å². The Morgan fingerprint density at radius 1 is 0.850 bits per heavy atom. The summed E-state index contributed by atoms with van der Waals surface area (Å²) in [5.74, 6) is 2.36. The van der Waals surface area contributed by atoms with Crippen molar-refractivity contribution in [3.63, 3.8) is 0 Å². The van der Waals surface area contributed by atoms with Crippen LogP contribution in [0.5, 0.6) is 0 Å². The van der Waals surface area contributed by atoms with E-state index in [1.807, 2.05) is 39.1 Å². The summed E-state index contributed by atoms with van der Waals surface area (Å²) in [5, 5.41) is 5.11. The number of nitrogens with zero attached hydrogens (tertiary/aromatic N) is 5. The number of benzene rings is 1. The quantitative estimate of drug-likeness (QED) is 0.276. The highest BCUT2D eigenvalue weighted by molar-refractivity contribution is 5.66. The number of carbonyl (C=O) groups is 1. The molecule has 3 aromatic heterocycles. The fourth-order valence-corrected chi connectivity index (χ4v) is 5.13. The Balaban J connectivity index is 1.11. The molecule has 2 aliphatic heterocycles. The van der Waals surface area contributed by atoms with Gasteiger partial charge in [0.25, 0.3) is 0 Å². The van der Waals surface area contributed by atoms with Crippen LogP contribution >= 0.6 is 0 Å². The first-order valence-electron chi connectivity index (χ1n) is 13.8. The predicted molar refractivity (Wildman–Crippen MR) is 149 cm³/mol. The number of hydrogen-bond acceptors (Lipinski definition) is 9. The van der Waals surface area contributed by atoms with Crippen LogP contribution in [0.3, 0.4) is 0 Å². The van der Waals surface area contributed by atoms with E-state index in [4.69, 9.17) is 9.57 Å². The average Bonchev–Trinajstić information content (AvgIpc) is 3.74. The Hall–Kier alpha value is -4.09. The highest BCUT2D eigenvalue weighted by atomic mass is 16.8. The molecular weight excluding hydrogens is 508 g/mol. The summed E-state index contributed by atoms with van der Waals surface area (Å²) in [7, 11) is 0. The maximum Gasteiger partial charge on any atom is 0.528 e. The van der Waals surface area contributed by atoms with Crippen LogP contribution in [0.15, 0.2) is 49.1 Å². The highest BCUT2D eigenvalue weighted by Crippen LogP contribution is 2.32. The molecule has 4 aromatic rings. The van der Waals surface area contributed by atoms with Gasteiger partial charge in [-0.3, -0.25) is 0 Å². The van der Waals surface area contributed by atoms with E-state index in [0.29, 0.717) is 18.4 Å². The number of aromatic nitrogens is 6. The molecule has 0 spiro atoms. The van der Waals surface area contributed by atoms with Gasteiger partial charge in [-0.2, -0.15) is 0 Å². The Kier molecular flexibility index (Phi) is 7.07. The first kappa shape index (κ1) is 26.1. The molecule has 5 heterocycles. The van der Waals surface area contributed by atoms with Gasteiger partial charge in [-0.15, -0.1) is 5.06 Å². The molecule has 2 fully saturated rings. The average molecular weight is 543 g/mol. The van der Waals surface area contributed by atoms with Crippen LogP contribution in [0.1, 0.15) is 70.2 Å². The lowest BCUT2D eigenvalue weighted by molar-refractivity contribution is -0.152. The summed E-state index contributed by atoms with van der Waals surface area (Å²) in [4.78, 5) is 42.8. The zero-order chi connectivity index (χ0) is 27.7. The second kappa shape index (κ2) is 10.8. The van der Waals surface area contributed by atoms with Crippen LogP contribution < -0.4 is 5.32 Å². The van der Waals surface area contributed by atoms with Crippen molar-refractivity contribution in [3.05, 3.63) is 60.7 Å². The Morgan fingerprint density at radius 3 is 2.23 bits per heavy atom. The topological polar surface area (TPSA) is 134 Å². The number of nitrogens with one attached hydrogen (secondary N) is 3. The van der Waals surface area contributed by atoms with Gasteiger partial charge < -0.3 is 24.9 Å². The van der Waals surface area contributed by atoms with Crippen LogP contribution in [0.2, 0.25) is 0 Å². The van der Waals surface area contributed by atoms with E-state index < -0.39 is 11.8 Å². The molecule has 0 radical (unpaired) electrons. The van der Waals surface area contributed by atoms with Gasteiger partial charge >= 0.3 is 6.16 Å². The standard InChI is InChI=1S/C29H34N8O3/c1-29(2,3)39-28(38)40-37-13-5-7-24(37)27-34-17-23(36-27)20-14-31-25(32-15-20)19-10-8-18(9-11-19)22-16-33-26(35-22)21-6-4-12-30-21/h8-11,14-17,21,24,30H,4-7,12-13H2,1-3H3,(H,33,35)(H,34,36)/t21-,24-/m0/s1. The summed E-state index contributed by atoms with van der Waals surface area (Å²) in [6, 6.07) is 8.30. The first-order chi connectivity index (χ1) is 19.3. The van der Waals surface area contributed by atoms with E-state index in [-0.39, 0.29) is 6.04 Å². The van der Waals surface area contributed by atoms with Crippen molar-refractivity contribution in [2.45, 2.75) is 64.1 Å². The zero-order valence-electron chi connectivity index (χ0n) is 23.0. The van der Waals surface area contributed by atoms with Crippen molar-refractivity contribution >= 4 is 6.16 Å². The second-order valence-corrected chi connectivity index (χ2v) is 11.2. The zero-order valence-corrected chi connectivity index (χ0v) is 23.0. The van der Waals surface area contributed by atoms with Crippen LogP contribution in [0.25, 0.3) is 33.9 Å². The summed E-state index contributed by atoms with van der Waals surface area (Å²) in [5.41, 5.74) is 4.00. The lowest BCUT2D eigenvalue weighted by Gasteiger charge is -2.24. The molecule has 40 heavy (non-hydrogen) atoms. The molecule has 1 aromatic carbocycles. The number of rotatable bonds is 6. The van der Waals surface area contributed by atoms with Crippen LogP contribution in [-0.2, 0) is 9.57 Å². The number of carbonyl (C=O) groups excluding carboxylic acids is 1. The van der Waals surface area contributed by atoms with E-state index >= 15 is 0 Å². The summed E-state index contributed by atoms with van der Waals surface area (Å²) in [6.45, 7) is 7.08. The number of imidazole rings is 2. The van der Waals surface area contributed by atoms with Gasteiger partial charge in [-0.25, -0.2) is 24.7 Å². The van der Waals surface area contributed by atoms with Crippen LogP contribution in [-0.4, -0.2) is 59.8 Å². The molecule has 11 nitrogen and oxygen atoms in total. The number of hydrogen-bond donors (Lipinski definition) is 3. The molecule has 6 rings (SSSR count). The maximum absolute atomic E-state index is 12.2. The number of ether oxygens (including phenoxy) is 1. The fourth-order valence-electron chi connectivity index (χ4n) is 5.13. The monoisotopic (exact) mass is 542 g/mol. The highest BCUT2D eigenvalue weighted by Gasteiger charge is 2.33. The molecule has 208 valence electrons. The lowest BCUT2D eigenvalue weighted by Crippen LogP contribution is -2.32. The Morgan fingerprint density at radius 2 is 1.52 bits per heavy atom. The second-order valence-electron chi connectivity index (χ2n) is 11.2. The van der Waals surface area contributed by atoms with Gasteiger partial charge in [0.2, 0.25) is 0 Å². The van der Waals surface area contributed by atoms with Gasteiger partial charge in [0.05, 0.1) is 29.8 Å². The van der Waals surface area contributed by atoms with Crippen molar-refractivity contribution < 1.29 is 14.4 Å². The first-order valence-corrected chi connectivity index (χ1v) is 13.8. The minimum atomic E-state index is -0.709. The normalized spacial score (nSPS) is 19.7. The smallest absolute Gasteiger partial charge is 0.427 e. The molecule has 2 aliphatic rings. The van der Waals surface area contributed by atoms with Gasteiger partial charge in [-0.05, 0) is 58.6 Å². The largest absolute Gasteiger partial charge is 0.528 e. The molecule has 0 saturated carbocycles. The molecule has 2 saturated heterocycles. The van der Waals surface area contributed by atoms with Gasteiger partial charge in [0.15, 0.2) is 5.82 Å². The molecule has 0 unspecified atom stereocenters. The summed E-state index contributed by atoms with van der Waals surface area (Å²) >= 11 is 0. The molecule has 0 bridgehead atoms. The van der Waals surface area contributed by atoms with Crippen molar-refractivity contribution in [3.8, 4) is 33.9 Å². The predicted octanol–water partition coefficient (Wildman–Crippen LogP) is 5.35. The Bertz CT molecular complexity index is 1450. The van der Waals surface area contributed by atoms with E-state index in [0.717, 1.165) is 65.5 Å². The molecule has 11 heteroatoms. The van der Waals surface area contributed by atoms with E-state index in [2.05, 4.69) is 47.4 Å². The number of hydroxylamine groups is 2. The summed E-state index contributed by atoms with van der Waals surface area (Å²) in [6.07, 6.45) is 10.5. The van der Waals surface area contributed by atoms with Gasteiger partial charge in [-0.1, -0.05) is 24.3 Å². The van der Waals surface area contributed by atoms with Crippen molar-refractivity contribution in [2.24, 2.45) is 0 Å². The van der Waals surface area contributed by atoms with Crippen LogP contribution in [0.4, 0.5) is 4.79 Å². The van der Waals surface area contributed by atoms with Crippen molar-refractivity contribution in [1.29, 1.82) is 0 Å². The maximum atomic E-state index is 12.2. The van der Waals surface area contributed by atoms with Gasteiger partial charge in [0.1, 0.15) is 23.3 Å². The third-order valence-corrected chi connectivity index (χ3v) is 7.10. The minimum absolute atomic E-state index is 0.166. The Labute approximate surface area is 232 Å². The lowest BCUT2D eigenvalue weighted by atomic mass is 10.1. The molecule has 0 aliphatic carbocycles. The molecule has 3 N–H and O–H groups in total. The van der Waals surface area contributed by atoms with Gasteiger partial charge in [0, 0.05) is 30.1 Å². The van der Waals surface area contributed by atoms with E-state index in [9.17, 15) is 4.79 Å². The third kappa shape index (κ3) is 5.75. The molecule has 2 atom stereocenters. The fraction of sp³-hybridized carbons (Fsp3) is 0.414. The SMILES string of the molecule is CC(C)(C)OC(=O)ON1CCC[C@H]1c1ncc(-c2cnc(-c3ccc(-c4cnc([C@@H]5CCCN5)[nH]4)cc3)nc2)[nH]1.